The Balaban J connectivity index is 2.73. The summed E-state index contributed by atoms with van der Waals surface area (Å²) < 4.78 is 38.6. The van der Waals surface area contributed by atoms with Gasteiger partial charge in [0.1, 0.15) is 0 Å². The van der Waals surface area contributed by atoms with E-state index in [1.54, 1.807) is 0 Å². The predicted molar refractivity (Wildman–Crippen MR) is 65.1 cm³/mol. The first-order valence-corrected chi connectivity index (χ1v) is 7.04. The molecule has 0 aliphatic rings. The third kappa shape index (κ3) is 4.49. The summed E-state index contributed by atoms with van der Waals surface area (Å²) in [6.45, 7) is -0.0684. The highest BCUT2D eigenvalue weighted by Gasteiger charge is 2.14. The summed E-state index contributed by atoms with van der Waals surface area (Å²) in [6, 6.07) is 4.09. The van der Waals surface area contributed by atoms with Crippen LogP contribution in [0, 0.1) is 5.82 Å². The van der Waals surface area contributed by atoms with Gasteiger partial charge in [-0.15, -0.1) is 0 Å². The van der Waals surface area contributed by atoms with Gasteiger partial charge >= 0.3 is 0 Å². The van der Waals surface area contributed by atoms with Gasteiger partial charge in [0.2, 0.25) is 10.0 Å². The van der Waals surface area contributed by atoms with Crippen LogP contribution in [0.25, 0.3) is 0 Å². The van der Waals surface area contributed by atoms with Crippen molar-refractivity contribution in [2.45, 2.75) is 12.8 Å². The Hall–Kier alpha value is -0.850. The molecule has 0 heterocycles. The summed E-state index contributed by atoms with van der Waals surface area (Å²) in [5, 5.41) is 8.40. The van der Waals surface area contributed by atoms with Crippen molar-refractivity contribution in [3.63, 3.8) is 0 Å². The molecule has 1 aromatic rings. The van der Waals surface area contributed by atoms with Gasteiger partial charge in [0.25, 0.3) is 0 Å². The number of rotatable bonds is 6. The van der Waals surface area contributed by atoms with Gasteiger partial charge in [-0.3, -0.25) is 4.72 Å². The van der Waals surface area contributed by atoms with E-state index in [2.05, 4.69) is 4.72 Å². The van der Waals surface area contributed by atoms with E-state index >= 15 is 0 Å². The second-order valence-corrected chi connectivity index (χ2v) is 5.70. The number of anilines is 1. The molecular weight excluding hydrogens is 269 g/mol. The van der Waals surface area contributed by atoms with Gasteiger partial charge < -0.3 is 5.11 Å². The zero-order chi connectivity index (χ0) is 12.9. The fraction of sp³-hybridized carbons (Fsp3) is 0.400. The van der Waals surface area contributed by atoms with Crippen molar-refractivity contribution in [2.24, 2.45) is 0 Å². The molecular formula is C10H13ClFNO3S. The molecule has 96 valence electrons. The van der Waals surface area contributed by atoms with Crippen molar-refractivity contribution in [1.29, 1.82) is 0 Å². The fourth-order valence-electron chi connectivity index (χ4n) is 1.21. The summed E-state index contributed by atoms with van der Waals surface area (Å²) >= 11 is 5.53. The second kappa shape index (κ2) is 6.18. The SMILES string of the molecule is O=S(=O)(CCCCO)Nc1cccc(Cl)c1F. The van der Waals surface area contributed by atoms with E-state index in [1.807, 2.05) is 0 Å². The maximum Gasteiger partial charge on any atom is 0.232 e. The van der Waals surface area contributed by atoms with Crippen LogP contribution in [-0.2, 0) is 10.0 Å². The average molecular weight is 282 g/mol. The van der Waals surface area contributed by atoms with Crippen molar-refractivity contribution in [3.8, 4) is 0 Å². The average Bonchev–Trinajstić information content (AvgIpc) is 2.25. The fourth-order valence-corrected chi connectivity index (χ4v) is 2.56. The molecule has 0 unspecified atom stereocenters. The Bertz CT molecular complexity index is 478. The monoisotopic (exact) mass is 281 g/mol. The molecule has 0 bridgehead atoms. The van der Waals surface area contributed by atoms with Crippen LogP contribution in [0.4, 0.5) is 10.1 Å². The van der Waals surface area contributed by atoms with E-state index in [0.717, 1.165) is 0 Å². The minimum Gasteiger partial charge on any atom is -0.396 e. The quantitative estimate of drug-likeness (QED) is 0.784. The van der Waals surface area contributed by atoms with Crippen molar-refractivity contribution >= 4 is 27.3 Å². The first-order valence-electron chi connectivity index (χ1n) is 5.01. The first-order chi connectivity index (χ1) is 7.96. The third-order valence-corrected chi connectivity index (χ3v) is 3.69. The van der Waals surface area contributed by atoms with E-state index in [0.29, 0.717) is 12.8 Å². The lowest BCUT2D eigenvalue weighted by molar-refractivity contribution is 0.287. The number of nitrogens with one attached hydrogen (secondary N) is 1. The molecule has 4 nitrogen and oxygen atoms in total. The van der Waals surface area contributed by atoms with E-state index in [4.69, 9.17) is 16.7 Å². The summed E-state index contributed by atoms with van der Waals surface area (Å²) in [5.74, 6) is -0.959. The highest BCUT2D eigenvalue weighted by molar-refractivity contribution is 7.92. The Morgan fingerprint density at radius 3 is 2.71 bits per heavy atom. The van der Waals surface area contributed by atoms with Crippen LogP contribution in [0.2, 0.25) is 5.02 Å². The molecule has 0 saturated heterocycles. The number of unbranched alkanes of at least 4 members (excludes halogenated alkanes) is 1. The van der Waals surface area contributed by atoms with Crippen LogP contribution in [0.15, 0.2) is 18.2 Å². The van der Waals surface area contributed by atoms with Crippen LogP contribution < -0.4 is 4.72 Å². The molecule has 0 amide bonds. The zero-order valence-electron chi connectivity index (χ0n) is 8.99. The number of hydrogen-bond acceptors (Lipinski definition) is 3. The van der Waals surface area contributed by atoms with Crippen LogP contribution >= 0.6 is 11.6 Å². The van der Waals surface area contributed by atoms with Gasteiger partial charge in [0.15, 0.2) is 5.82 Å². The Labute approximate surface area is 104 Å². The van der Waals surface area contributed by atoms with Crippen LogP contribution in [0.3, 0.4) is 0 Å². The Morgan fingerprint density at radius 2 is 2.06 bits per heavy atom. The van der Waals surface area contributed by atoms with E-state index in [-0.39, 0.29) is 23.1 Å². The number of benzene rings is 1. The molecule has 0 radical (unpaired) electrons. The zero-order valence-corrected chi connectivity index (χ0v) is 10.6. The normalized spacial score (nSPS) is 11.5. The largest absolute Gasteiger partial charge is 0.396 e. The van der Waals surface area contributed by atoms with Gasteiger partial charge in [0, 0.05) is 6.61 Å². The van der Waals surface area contributed by atoms with Crippen molar-refractivity contribution in [3.05, 3.63) is 29.0 Å². The predicted octanol–water partition coefficient (Wildman–Crippen LogP) is 1.99. The maximum absolute atomic E-state index is 13.4. The number of halogens is 2. The molecule has 0 aliphatic carbocycles. The standard InChI is InChI=1S/C10H13ClFNO3S/c11-8-4-3-5-9(10(8)12)13-17(15,16)7-2-1-6-14/h3-5,13-14H,1-2,6-7H2. The lowest BCUT2D eigenvalue weighted by atomic mass is 10.3. The number of sulfonamides is 1. The van der Waals surface area contributed by atoms with Gasteiger partial charge in [0.05, 0.1) is 16.5 Å². The summed E-state index contributed by atoms with van der Waals surface area (Å²) in [6.07, 6.45) is 0.701. The number of aliphatic hydroxyl groups excluding tert-OH is 1. The molecule has 0 fully saturated rings. The van der Waals surface area contributed by atoms with Gasteiger partial charge in [-0.2, -0.15) is 0 Å². The lowest BCUT2D eigenvalue weighted by Crippen LogP contribution is -2.17. The minimum atomic E-state index is -3.61. The third-order valence-electron chi connectivity index (χ3n) is 2.04. The van der Waals surface area contributed by atoms with Crippen LogP contribution in [0.1, 0.15) is 12.8 Å². The highest BCUT2D eigenvalue weighted by atomic mass is 35.5. The van der Waals surface area contributed by atoms with Gasteiger partial charge in [-0.25, -0.2) is 12.8 Å². The van der Waals surface area contributed by atoms with Gasteiger partial charge in [-0.05, 0) is 25.0 Å². The molecule has 17 heavy (non-hydrogen) atoms. The van der Waals surface area contributed by atoms with E-state index < -0.39 is 15.8 Å². The highest BCUT2D eigenvalue weighted by Crippen LogP contribution is 2.22. The summed E-state index contributed by atoms with van der Waals surface area (Å²) in [4.78, 5) is 0. The summed E-state index contributed by atoms with van der Waals surface area (Å²) in [7, 11) is -3.61. The number of aliphatic hydroxyl groups is 1. The molecule has 7 heteroatoms. The van der Waals surface area contributed by atoms with Gasteiger partial charge in [-0.1, -0.05) is 17.7 Å². The molecule has 0 spiro atoms. The first kappa shape index (κ1) is 14.2. The molecule has 1 rings (SSSR count). The van der Waals surface area contributed by atoms with Crippen LogP contribution in [-0.4, -0.2) is 25.9 Å². The van der Waals surface area contributed by atoms with Crippen molar-refractivity contribution < 1.29 is 17.9 Å². The molecule has 0 saturated carbocycles. The Kier molecular flexibility index (Phi) is 5.17. The molecule has 0 atom stereocenters. The van der Waals surface area contributed by atoms with E-state index in [9.17, 15) is 12.8 Å². The molecule has 0 aromatic heterocycles. The molecule has 2 N–H and O–H groups in total. The van der Waals surface area contributed by atoms with E-state index in [1.165, 1.54) is 18.2 Å². The Morgan fingerprint density at radius 1 is 1.35 bits per heavy atom. The topological polar surface area (TPSA) is 66.4 Å². The van der Waals surface area contributed by atoms with Crippen molar-refractivity contribution in [2.75, 3.05) is 17.1 Å². The maximum atomic E-state index is 13.4. The summed E-state index contributed by atoms with van der Waals surface area (Å²) in [5.41, 5.74) is -0.165. The number of hydrogen-bond donors (Lipinski definition) is 2. The lowest BCUT2D eigenvalue weighted by Gasteiger charge is -2.09. The molecule has 1 aromatic carbocycles. The van der Waals surface area contributed by atoms with Crippen LogP contribution in [0.5, 0.6) is 0 Å². The smallest absolute Gasteiger partial charge is 0.232 e. The minimum absolute atomic E-state index is 0.0684. The second-order valence-electron chi connectivity index (χ2n) is 3.45. The molecule has 0 aliphatic heterocycles. The van der Waals surface area contributed by atoms with Crippen molar-refractivity contribution in [1.82, 2.24) is 0 Å².